The molecule has 2 rings (SSSR count). The van der Waals surface area contributed by atoms with Crippen LogP contribution in [0.15, 0.2) is 21.5 Å². The molecule has 1 aliphatic rings. The summed E-state index contributed by atoms with van der Waals surface area (Å²) in [6, 6.07) is 2.98. The van der Waals surface area contributed by atoms with Gasteiger partial charge in [-0.1, -0.05) is 39.1 Å². The Balaban J connectivity index is 0.00000200. The zero-order valence-corrected chi connectivity index (χ0v) is 15.1. The minimum Gasteiger partial charge on any atom is -0.324 e. The van der Waals surface area contributed by atoms with Crippen LogP contribution >= 0.6 is 51.5 Å². The molecule has 1 saturated carbocycles. The predicted molar refractivity (Wildman–Crippen MR) is 87.4 cm³/mol. The number of halogens is 4. The Bertz CT molecular complexity index is 583. The highest BCUT2D eigenvalue weighted by molar-refractivity contribution is 9.10. The maximum atomic E-state index is 12.2. The summed E-state index contributed by atoms with van der Waals surface area (Å²) in [6.07, 6.45) is 2.66. The average molecular weight is 425 g/mol. The highest BCUT2D eigenvalue weighted by Gasteiger charge is 2.34. The number of benzene rings is 1. The zero-order chi connectivity index (χ0) is 14.3. The summed E-state index contributed by atoms with van der Waals surface area (Å²) >= 11 is 15.1. The molecular weight excluding hydrogens is 410 g/mol. The van der Waals surface area contributed by atoms with Gasteiger partial charge in [-0.15, -0.1) is 12.4 Å². The van der Waals surface area contributed by atoms with E-state index in [-0.39, 0.29) is 33.9 Å². The molecule has 1 aliphatic carbocycles. The predicted octanol–water partition coefficient (Wildman–Crippen LogP) is 3.34. The zero-order valence-electron chi connectivity index (χ0n) is 10.3. The number of nitrogens with one attached hydrogen (secondary N) is 1. The molecule has 114 valence electrons. The number of nitrogens with two attached hydrogens (primary N) is 1. The highest BCUT2D eigenvalue weighted by Crippen LogP contribution is 2.33. The van der Waals surface area contributed by atoms with Crippen LogP contribution in [0.2, 0.25) is 10.0 Å². The van der Waals surface area contributed by atoms with E-state index in [9.17, 15) is 8.42 Å². The van der Waals surface area contributed by atoms with E-state index >= 15 is 0 Å². The molecule has 20 heavy (non-hydrogen) atoms. The normalized spacial score (nSPS) is 17.2. The van der Waals surface area contributed by atoms with Crippen molar-refractivity contribution in [2.75, 3.05) is 6.54 Å². The summed E-state index contributed by atoms with van der Waals surface area (Å²) in [5, 5.41) is 0.151. The molecular formula is C11H14BrCl3N2O2S. The minimum absolute atomic E-state index is 0. The molecule has 1 fully saturated rings. The first-order valence-electron chi connectivity index (χ1n) is 5.67. The number of hydrogen-bond donors (Lipinski definition) is 2. The maximum absolute atomic E-state index is 12.2. The van der Waals surface area contributed by atoms with Crippen molar-refractivity contribution < 1.29 is 8.42 Å². The van der Waals surface area contributed by atoms with E-state index in [1.165, 1.54) is 12.1 Å². The monoisotopic (exact) mass is 422 g/mol. The number of hydrogen-bond acceptors (Lipinski definition) is 3. The molecule has 0 amide bonds. The summed E-state index contributed by atoms with van der Waals surface area (Å²) < 4.78 is 27.5. The lowest BCUT2D eigenvalue weighted by atomic mass is 9.78. The summed E-state index contributed by atoms with van der Waals surface area (Å²) in [5.41, 5.74) is 5.54. The Morgan fingerprint density at radius 1 is 1.30 bits per heavy atom. The lowest BCUT2D eigenvalue weighted by molar-refractivity contribution is 0.251. The van der Waals surface area contributed by atoms with Crippen LogP contribution in [0.25, 0.3) is 0 Å². The van der Waals surface area contributed by atoms with E-state index in [2.05, 4.69) is 20.7 Å². The Kier molecular flexibility index (Phi) is 6.18. The van der Waals surface area contributed by atoms with Gasteiger partial charge in [0.15, 0.2) is 0 Å². The Labute approximate surface area is 143 Å². The van der Waals surface area contributed by atoms with Gasteiger partial charge in [-0.2, -0.15) is 0 Å². The van der Waals surface area contributed by atoms with Gasteiger partial charge in [0.1, 0.15) is 4.90 Å². The third-order valence-corrected chi connectivity index (χ3v) is 5.98. The molecule has 1 aromatic carbocycles. The van der Waals surface area contributed by atoms with Crippen LogP contribution in [0.1, 0.15) is 19.3 Å². The van der Waals surface area contributed by atoms with Crippen molar-refractivity contribution in [2.24, 2.45) is 5.73 Å². The van der Waals surface area contributed by atoms with E-state index in [1.807, 2.05) is 0 Å². The third kappa shape index (κ3) is 4.00. The SMILES string of the molecule is Cl.NC1(CNS(=O)(=O)c2c(Cl)cc(Br)cc2Cl)CCC1. The molecule has 4 nitrogen and oxygen atoms in total. The molecule has 1 aromatic rings. The first-order chi connectivity index (χ1) is 8.73. The van der Waals surface area contributed by atoms with Crippen molar-refractivity contribution in [3.63, 3.8) is 0 Å². The van der Waals surface area contributed by atoms with Crippen molar-refractivity contribution in [2.45, 2.75) is 29.7 Å². The van der Waals surface area contributed by atoms with E-state index in [1.54, 1.807) is 0 Å². The van der Waals surface area contributed by atoms with Crippen molar-refractivity contribution >= 4 is 61.6 Å². The van der Waals surface area contributed by atoms with Crippen molar-refractivity contribution in [1.29, 1.82) is 0 Å². The molecule has 0 aliphatic heterocycles. The van der Waals surface area contributed by atoms with E-state index in [4.69, 9.17) is 28.9 Å². The molecule has 0 radical (unpaired) electrons. The van der Waals surface area contributed by atoms with Crippen molar-refractivity contribution in [3.05, 3.63) is 26.7 Å². The minimum atomic E-state index is -3.76. The van der Waals surface area contributed by atoms with Gasteiger partial charge in [-0.3, -0.25) is 0 Å². The largest absolute Gasteiger partial charge is 0.324 e. The highest BCUT2D eigenvalue weighted by atomic mass is 79.9. The molecule has 0 spiro atoms. The smallest absolute Gasteiger partial charge is 0.243 e. The van der Waals surface area contributed by atoms with Gasteiger partial charge < -0.3 is 5.73 Å². The average Bonchev–Trinajstić information content (AvgIpc) is 2.22. The quantitative estimate of drug-likeness (QED) is 0.779. The Hall–Kier alpha value is 0.440. The first kappa shape index (κ1) is 18.5. The van der Waals surface area contributed by atoms with Crippen molar-refractivity contribution in [3.8, 4) is 0 Å². The second-order valence-electron chi connectivity index (χ2n) is 4.74. The lowest BCUT2D eigenvalue weighted by Gasteiger charge is -2.38. The fourth-order valence-electron chi connectivity index (χ4n) is 1.90. The first-order valence-corrected chi connectivity index (χ1v) is 8.70. The fourth-order valence-corrected chi connectivity index (χ4v) is 4.98. The second kappa shape index (κ2) is 6.69. The van der Waals surface area contributed by atoms with Crippen LogP contribution in [0.4, 0.5) is 0 Å². The summed E-state index contributed by atoms with van der Waals surface area (Å²) in [7, 11) is -3.76. The van der Waals surface area contributed by atoms with Crippen LogP contribution in [-0.2, 0) is 10.0 Å². The molecule has 0 unspecified atom stereocenters. The van der Waals surface area contributed by atoms with E-state index in [0.29, 0.717) is 4.47 Å². The van der Waals surface area contributed by atoms with Crippen LogP contribution < -0.4 is 10.5 Å². The van der Waals surface area contributed by atoms with E-state index in [0.717, 1.165) is 19.3 Å². The third-order valence-electron chi connectivity index (χ3n) is 3.20. The van der Waals surface area contributed by atoms with Crippen LogP contribution in [0, 0.1) is 0 Å². The Morgan fingerprint density at radius 2 is 1.80 bits per heavy atom. The molecule has 0 atom stereocenters. The fraction of sp³-hybridized carbons (Fsp3) is 0.455. The van der Waals surface area contributed by atoms with Gasteiger partial charge in [0.05, 0.1) is 10.0 Å². The number of rotatable bonds is 4. The maximum Gasteiger partial charge on any atom is 0.243 e. The van der Waals surface area contributed by atoms with Gasteiger partial charge in [0.2, 0.25) is 10.0 Å². The summed E-state index contributed by atoms with van der Waals surface area (Å²) in [6.45, 7) is 0.193. The van der Waals surface area contributed by atoms with Gasteiger partial charge in [0.25, 0.3) is 0 Å². The van der Waals surface area contributed by atoms with Crippen LogP contribution in [0.5, 0.6) is 0 Å². The lowest BCUT2D eigenvalue weighted by Crippen LogP contribution is -2.54. The summed E-state index contributed by atoms with van der Waals surface area (Å²) in [4.78, 5) is -0.109. The molecule has 3 N–H and O–H groups in total. The molecule has 0 saturated heterocycles. The van der Waals surface area contributed by atoms with Gasteiger partial charge >= 0.3 is 0 Å². The van der Waals surface area contributed by atoms with E-state index < -0.39 is 15.6 Å². The summed E-state index contributed by atoms with van der Waals surface area (Å²) in [5.74, 6) is 0. The van der Waals surface area contributed by atoms with Gasteiger partial charge in [-0.05, 0) is 31.4 Å². The topological polar surface area (TPSA) is 72.2 Å². The molecule has 0 heterocycles. The molecule has 9 heteroatoms. The molecule has 0 aromatic heterocycles. The van der Waals surface area contributed by atoms with Crippen LogP contribution in [-0.4, -0.2) is 20.5 Å². The van der Waals surface area contributed by atoms with Gasteiger partial charge in [0, 0.05) is 16.6 Å². The Morgan fingerprint density at radius 3 is 2.20 bits per heavy atom. The second-order valence-corrected chi connectivity index (χ2v) is 8.17. The van der Waals surface area contributed by atoms with Crippen molar-refractivity contribution in [1.82, 2.24) is 4.72 Å². The van der Waals surface area contributed by atoms with Gasteiger partial charge in [-0.25, -0.2) is 13.1 Å². The molecule has 0 bridgehead atoms. The van der Waals surface area contributed by atoms with Crippen LogP contribution in [0.3, 0.4) is 0 Å². The standard InChI is InChI=1S/C11H13BrCl2N2O2S.ClH/c12-7-4-8(13)10(9(14)5-7)19(17,18)16-6-11(15)2-1-3-11;/h4-5,16H,1-3,6,15H2;1H. The number of sulfonamides is 1.